The molecule has 0 spiro atoms. The van der Waals surface area contributed by atoms with Gasteiger partial charge in [-0.1, -0.05) is 53.5 Å². The van der Waals surface area contributed by atoms with Crippen LogP contribution in [0.4, 0.5) is 0 Å². The first-order valence-electron chi connectivity index (χ1n) is 8.74. The molecule has 3 rings (SSSR count). The minimum atomic E-state index is 0.160. The van der Waals surface area contributed by atoms with Crippen molar-refractivity contribution in [3.8, 4) is 11.4 Å². The average Bonchev–Trinajstić information content (AvgIpc) is 2.92. The van der Waals surface area contributed by atoms with Gasteiger partial charge in [-0.25, -0.2) is 4.68 Å². The maximum Gasteiger partial charge on any atom is 0.199 e. The molecule has 0 bridgehead atoms. The van der Waals surface area contributed by atoms with E-state index in [1.807, 2.05) is 39.6 Å². The summed E-state index contributed by atoms with van der Waals surface area (Å²) in [7, 11) is 2.05. The van der Waals surface area contributed by atoms with Gasteiger partial charge < -0.3 is 0 Å². The number of rotatable bonds is 6. The van der Waals surface area contributed by atoms with Crippen LogP contribution in [0.2, 0.25) is 10.0 Å². The van der Waals surface area contributed by atoms with Crippen molar-refractivity contribution < 1.29 is 0 Å². The normalized spacial score (nSPS) is 11.5. The van der Waals surface area contributed by atoms with Gasteiger partial charge in [-0.3, -0.25) is 9.47 Å². The zero-order valence-corrected chi connectivity index (χ0v) is 17.9. The minimum absolute atomic E-state index is 0.160. The fourth-order valence-corrected chi connectivity index (χ4v) is 3.89. The van der Waals surface area contributed by atoms with E-state index >= 15 is 0 Å². The van der Waals surface area contributed by atoms with E-state index in [1.165, 1.54) is 5.56 Å². The molecule has 0 saturated heterocycles. The molecule has 0 aliphatic rings. The molecule has 3 aromatic rings. The lowest BCUT2D eigenvalue weighted by molar-refractivity contribution is 0.243. The van der Waals surface area contributed by atoms with Gasteiger partial charge in [-0.15, -0.1) is 0 Å². The predicted octanol–water partition coefficient (Wildman–Crippen LogP) is 6.06. The highest BCUT2D eigenvalue weighted by atomic mass is 35.5. The molecule has 0 atom stereocenters. The van der Waals surface area contributed by atoms with Crippen LogP contribution >= 0.6 is 35.4 Å². The summed E-state index contributed by atoms with van der Waals surface area (Å²) in [6, 6.07) is 15.9. The molecule has 1 heterocycles. The highest BCUT2D eigenvalue weighted by Crippen LogP contribution is 2.31. The third-order valence-electron chi connectivity index (χ3n) is 4.23. The summed E-state index contributed by atoms with van der Waals surface area (Å²) in [5, 5.41) is 5.94. The molecule has 0 aliphatic heterocycles. The van der Waals surface area contributed by atoms with Crippen LogP contribution in [-0.4, -0.2) is 26.3 Å². The third kappa shape index (κ3) is 4.61. The largest absolute Gasteiger partial charge is 0.297 e. The molecular weight excluding hydrogens is 399 g/mol. The standard InChI is InChI=1S/C20H22Cl2N4S/c1-14(2)26-19(17-10-9-16(21)11-18(17)22)23-25(20(26)27)13-24(3)12-15-7-5-4-6-8-15/h4-11,14H,12-13H2,1-3H3. The van der Waals surface area contributed by atoms with Gasteiger partial charge >= 0.3 is 0 Å². The first kappa shape index (κ1) is 20.1. The highest BCUT2D eigenvalue weighted by Gasteiger charge is 2.18. The second-order valence-electron chi connectivity index (χ2n) is 6.83. The van der Waals surface area contributed by atoms with E-state index in [4.69, 9.17) is 40.5 Å². The molecule has 1 aromatic heterocycles. The first-order chi connectivity index (χ1) is 12.9. The van der Waals surface area contributed by atoms with Crippen molar-refractivity contribution in [1.82, 2.24) is 19.2 Å². The Morgan fingerprint density at radius 3 is 2.44 bits per heavy atom. The quantitative estimate of drug-likeness (QED) is 0.453. The van der Waals surface area contributed by atoms with Crippen LogP contribution in [0.3, 0.4) is 0 Å². The van der Waals surface area contributed by atoms with Gasteiger partial charge in [0.1, 0.15) is 0 Å². The molecule has 2 aromatic carbocycles. The van der Waals surface area contributed by atoms with Crippen LogP contribution in [-0.2, 0) is 13.2 Å². The molecule has 0 saturated carbocycles. The van der Waals surface area contributed by atoms with Crippen LogP contribution in [0, 0.1) is 4.77 Å². The maximum atomic E-state index is 6.42. The molecule has 7 heteroatoms. The van der Waals surface area contributed by atoms with E-state index in [0.29, 0.717) is 21.5 Å². The Hall–Kier alpha value is -1.66. The van der Waals surface area contributed by atoms with Crippen molar-refractivity contribution in [1.29, 1.82) is 0 Å². The second kappa shape index (κ2) is 8.57. The molecule has 4 nitrogen and oxygen atoms in total. The van der Waals surface area contributed by atoms with Crippen molar-refractivity contribution in [2.24, 2.45) is 0 Å². The molecule has 0 aliphatic carbocycles. The number of benzene rings is 2. The van der Waals surface area contributed by atoms with E-state index in [-0.39, 0.29) is 6.04 Å². The van der Waals surface area contributed by atoms with Crippen molar-refractivity contribution >= 4 is 35.4 Å². The lowest BCUT2D eigenvalue weighted by Crippen LogP contribution is -2.22. The highest BCUT2D eigenvalue weighted by molar-refractivity contribution is 7.71. The van der Waals surface area contributed by atoms with Gasteiger partial charge in [-0.05, 0) is 56.9 Å². The summed E-state index contributed by atoms with van der Waals surface area (Å²) in [6.07, 6.45) is 0. The van der Waals surface area contributed by atoms with E-state index in [2.05, 4.69) is 37.9 Å². The summed E-state index contributed by atoms with van der Waals surface area (Å²) in [5.41, 5.74) is 2.07. The van der Waals surface area contributed by atoms with E-state index < -0.39 is 0 Å². The van der Waals surface area contributed by atoms with Crippen molar-refractivity contribution in [3.63, 3.8) is 0 Å². The fourth-order valence-electron chi connectivity index (χ4n) is 3.01. The van der Waals surface area contributed by atoms with E-state index in [0.717, 1.165) is 17.9 Å². The van der Waals surface area contributed by atoms with E-state index in [1.54, 1.807) is 6.07 Å². The Kier molecular flexibility index (Phi) is 6.37. The van der Waals surface area contributed by atoms with Crippen LogP contribution in [0.15, 0.2) is 48.5 Å². The Labute approximate surface area is 174 Å². The average molecular weight is 421 g/mol. The molecule has 0 fully saturated rings. The summed E-state index contributed by atoms with van der Waals surface area (Å²) < 4.78 is 4.55. The molecule has 0 amide bonds. The monoisotopic (exact) mass is 420 g/mol. The number of hydrogen-bond acceptors (Lipinski definition) is 3. The Morgan fingerprint density at radius 2 is 1.81 bits per heavy atom. The lowest BCUT2D eigenvalue weighted by Gasteiger charge is -2.16. The molecule has 0 N–H and O–H groups in total. The number of nitrogens with zero attached hydrogens (tertiary/aromatic N) is 4. The topological polar surface area (TPSA) is 26.0 Å². The maximum absolute atomic E-state index is 6.42. The first-order valence-corrected chi connectivity index (χ1v) is 9.90. The zero-order chi connectivity index (χ0) is 19.6. The van der Waals surface area contributed by atoms with Crippen molar-refractivity contribution in [3.05, 3.63) is 68.9 Å². The smallest absolute Gasteiger partial charge is 0.199 e. The van der Waals surface area contributed by atoms with Crippen LogP contribution in [0.5, 0.6) is 0 Å². The molecular formula is C20H22Cl2N4S. The summed E-state index contributed by atoms with van der Waals surface area (Å²) >= 11 is 18.2. The van der Waals surface area contributed by atoms with Gasteiger partial charge in [0.25, 0.3) is 0 Å². The summed E-state index contributed by atoms with van der Waals surface area (Å²) in [6.45, 7) is 5.57. The van der Waals surface area contributed by atoms with Gasteiger partial charge in [0.05, 0.1) is 11.7 Å². The van der Waals surface area contributed by atoms with E-state index in [9.17, 15) is 0 Å². The SMILES string of the molecule is CC(C)n1c(-c2ccc(Cl)cc2Cl)nn(CN(C)Cc2ccccc2)c1=S. The second-order valence-corrected chi connectivity index (χ2v) is 8.04. The Balaban J connectivity index is 1.94. The lowest BCUT2D eigenvalue weighted by atomic mass is 10.2. The van der Waals surface area contributed by atoms with Crippen molar-refractivity contribution in [2.75, 3.05) is 7.05 Å². The minimum Gasteiger partial charge on any atom is -0.297 e. The number of halogens is 2. The number of hydrogen-bond donors (Lipinski definition) is 0. The van der Waals surface area contributed by atoms with Gasteiger partial charge in [0, 0.05) is 23.2 Å². The molecule has 0 unspecified atom stereocenters. The van der Waals surface area contributed by atoms with Gasteiger partial charge in [0.15, 0.2) is 10.6 Å². The number of aromatic nitrogens is 3. The van der Waals surface area contributed by atoms with Gasteiger partial charge in [0.2, 0.25) is 0 Å². The van der Waals surface area contributed by atoms with Gasteiger partial charge in [-0.2, -0.15) is 5.10 Å². The summed E-state index contributed by atoms with van der Waals surface area (Å²) in [5.74, 6) is 0.754. The van der Waals surface area contributed by atoms with Crippen molar-refractivity contribution in [2.45, 2.75) is 33.1 Å². The Bertz CT molecular complexity index is 979. The van der Waals surface area contributed by atoms with Crippen LogP contribution in [0.25, 0.3) is 11.4 Å². The van der Waals surface area contributed by atoms with Crippen LogP contribution in [0.1, 0.15) is 25.5 Å². The Morgan fingerprint density at radius 1 is 1.11 bits per heavy atom. The fraction of sp³-hybridized carbons (Fsp3) is 0.300. The molecule has 142 valence electrons. The molecule has 0 radical (unpaired) electrons. The van der Waals surface area contributed by atoms with Crippen LogP contribution < -0.4 is 0 Å². The zero-order valence-electron chi connectivity index (χ0n) is 15.6. The summed E-state index contributed by atoms with van der Waals surface area (Å²) in [4.78, 5) is 2.18. The molecule has 27 heavy (non-hydrogen) atoms. The third-order valence-corrected chi connectivity index (χ3v) is 5.18. The predicted molar refractivity (Wildman–Crippen MR) is 115 cm³/mol.